The summed E-state index contributed by atoms with van der Waals surface area (Å²) in [5, 5.41) is 24.1. The van der Waals surface area contributed by atoms with Gasteiger partial charge in [0.1, 0.15) is 16.5 Å². The fraction of sp³-hybridized carbons (Fsp3) is 0.158. The number of thiocarbonyl (C=S) groups is 1. The molecule has 4 nitrogen and oxygen atoms in total. The highest BCUT2D eigenvalue weighted by molar-refractivity contribution is 7.81. The molecule has 0 saturated carbocycles. The van der Waals surface area contributed by atoms with Gasteiger partial charge in [0, 0.05) is 11.3 Å². The number of nitrogens with one attached hydrogen (secondary N) is 1. The summed E-state index contributed by atoms with van der Waals surface area (Å²) in [5.41, 5.74) is 1.47. The first-order valence-corrected chi connectivity index (χ1v) is 8.64. The number of fused-ring (bicyclic) bond motifs is 1. The molecular weight excluding hydrogens is 351 g/mol. The standard InChI is InChI=1S/C19H17N2O2PS/c1-19(2)17(22)16(14-9-11(10-20)3-8-15(14)23-19)18(25)21-12-4-6-13(24)7-5-12/h3-9,22H,24H2,1-2H3,(H,21,25). The second kappa shape index (κ2) is 6.48. The van der Waals surface area contributed by atoms with Crippen molar-refractivity contribution in [1.29, 1.82) is 5.26 Å². The van der Waals surface area contributed by atoms with Gasteiger partial charge in [-0.15, -0.1) is 9.24 Å². The van der Waals surface area contributed by atoms with Crippen LogP contribution in [0.4, 0.5) is 5.69 Å². The lowest BCUT2D eigenvalue weighted by molar-refractivity contribution is 0.0928. The van der Waals surface area contributed by atoms with Crippen LogP contribution in [0, 0.1) is 11.3 Å². The Morgan fingerprint density at radius 3 is 2.56 bits per heavy atom. The predicted molar refractivity (Wildman–Crippen MR) is 107 cm³/mol. The molecule has 0 bridgehead atoms. The summed E-state index contributed by atoms with van der Waals surface area (Å²) in [5.74, 6) is 0.622. The van der Waals surface area contributed by atoms with E-state index in [1.54, 1.807) is 32.0 Å². The lowest BCUT2D eigenvalue weighted by atomic mass is 9.91. The van der Waals surface area contributed by atoms with Crippen molar-refractivity contribution in [3.05, 3.63) is 59.4 Å². The van der Waals surface area contributed by atoms with Crippen molar-refractivity contribution in [3.63, 3.8) is 0 Å². The minimum Gasteiger partial charge on any atom is -0.507 e. The number of hydrogen-bond donors (Lipinski definition) is 2. The number of nitriles is 1. The number of rotatable bonds is 2. The van der Waals surface area contributed by atoms with Crippen LogP contribution >= 0.6 is 21.5 Å². The number of hydrogen-bond acceptors (Lipinski definition) is 4. The Balaban J connectivity index is 2.06. The molecule has 1 atom stereocenters. The van der Waals surface area contributed by atoms with Crippen molar-refractivity contribution in [2.45, 2.75) is 19.4 Å². The zero-order valence-corrected chi connectivity index (χ0v) is 15.8. The maximum absolute atomic E-state index is 10.7. The fourth-order valence-corrected chi connectivity index (χ4v) is 3.14. The zero-order chi connectivity index (χ0) is 18.2. The number of anilines is 1. The second-order valence-corrected chi connectivity index (χ2v) is 7.31. The van der Waals surface area contributed by atoms with Gasteiger partial charge < -0.3 is 15.2 Å². The minimum atomic E-state index is -0.911. The molecule has 1 aliphatic heterocycles. The maximum Gasteiger partial charge on any atom is 0.160 e. The molecule has 0 amide bonds. The molecule has 3 rings (SSSR count). The van der Waals surface area contributed by atoms with Crippen molar-refractivity contribution in [2.75, 3.05) is 5.32 Å². The Morgan fingerprint density at radius 2 is 1.92 bits per heavy atom. The van der Waals surface area contributed by atoms with Crippen LogP contribution in [0.2, 0.25) is 0 Å². The van der Waals surface area contributed by atoms with Crippen LogP contribution in [-0.2, 0) is 0 Å². The lowest BCUT2D eigenvalue weighted by Crippen LogP contribution is -2.36. The average molecular weight is 368 g/mol. The van der Waals surface area contributed by atoms with E-state index in [9.17, 15) is 10.4 Å². The van der Waals surface area contributed by atoms with Crippen molar-refractivity contribution in [2.24, 2.45) is 0 Å². The SMILES string of the molecule is CC1(C)Oc2ccc(C#N)cc2C(C(=S)Nc2ccc(P)cc2)=C1O. The quantitative estimate of drug-likeness (QED) is 0.621. The monoisotopic (exact) mass is 368 g/mol. The van der Waals surface area contributed by atoms with E-state index in [1.165, 1.54) is 0 Å². The minimum absolute atomic E-state index is 0.0373. The van der Waals surface area contributed by atoms with Gasteiger partial charge in [-0.05, 0) is 49.5 Å². The Morgan fingerprint density at radius 1 is 1.24 bits per heavy atom. The lowest BCUT2D eigenvalue weighted by Gasteiger charge is -2.34. The van der Waals surface area contributed by atoms with Gasteiger partial charge in [0.05, 0.1) is 17.2 Å². The van der Waals surface area contributed by atoms with Crippen LogP contribution < -0.4 is 15.4 Å². The Hall–Kier alpha value is -2.41. The third kappa shape index (κ3) is 3.37. The van der Waals surface area contributed by atoms with Gasteiger partial charge in [0.2, 0.25) is 0 Å². The van der Waals surface area contributed by atoms with Crippen molar-refractivity contribution in [3.8, 4) is 11.8 Å². The Bertz CT molecular complexity index is 927. The van der Waals surface area contributed by atoms with Gasteiger partial charge in [-0.2, -0.15) is 5.26 Å². The van der Waals surface area contributed by atoms with E-state index < -0.39 is 5.60 Å². The molecule has 25 heavy (non-hydrogen) atoms. The molecule has 0 fully saturated rings. The summed E-state index contributed by atoms with van der Waals surface area (Å²) in [7, 11) is 2.63. The van der Waals surface area contributed by atoms with Crippen molar-refractivity contribution in [1.82, 2.24) is 0 Å². The highest BCUT2D eigenvalue weighted by Gasteiger charge is 2.36. The van der Waals surface area contributed by atoms with Gasteiger partial charge in [-0.3, -0.25) is 0 Å². The molecule has 6 heteroatoms. The predicted octanol–water partition coefficient (Wildman–Crippen LogP) is 3.94. The summed E-state index contributed by atoms with van der Waals surface area (Å²) in [4.78, 5) is 0.377. The van der Waals surface area contributed by atoms with E-state index >= 15 is 0 Å². The molecule has 0 aliphatic carbocycles. The Kier molecular flexibility index (Phi) is 4.51. The molecule has 0 aromatic heterocycles. The van der Waals surface area contributed by atoms with Gasteiger partial charge in [-0.25, -0.2) is 0 Å². The molecular formula is C19H17N2O2PS. The first-order chi connectivity index (χ1) is 11.8. The van der Waals surface area contributed by atoms with Crippen LogP contribution in [0.5, 0.6) is 5.75 Å². The number of aliphatic hydroxyl groups is 1. The van der Waals surface area contributed by atoms with E-state index in [0.717, 1.165) is 11.0 Å². The molecule has 2 aromatic carbocycles. The smallest absolute Gasteiger partial charge is 0.160 e. The molecule has 2 N–H and O–H groups in total. The van der Waals surface area contributed by atoms with E-state index in [1.807, 2.05) is 24.3 Å². The molecule has 2 aromatic rings. The van der Waals surface area contributed by atoms with Gasteiger partial charge in [-0.1, -0.05) is 24.4 Å². The third-order valence-electron chi connectivity index (χ3n) is 3.95. The summed E-state index contributed by atoms with van der Waals surface area (Å²) in [6.07, 6.45) is 0. The normalized spacial score (nSPS) is 15.0. The topological polar surface area (TPSA) is 65.3 Å². The molecule has 0 radical (unpaired) electrons. The van der Waals surface area contributed by atoms with Crippen LogP contribution in [0.25, 0.3) is 5.57 Å². The highest BCUT2D eigenvalue weighted by Crippen LogP contribution is 2.41. The van der Waals surface area contributed by atoms with Crippen LogP contribution in [0.1, 0.15) is 25.0 Å². The summed E-state index contributed by atoms with van der Waals surface area (Å²) in [6, 6.07) is 14.9. The number of aliphatic hydroxyl groups excluding tert-OH is 1. The first kappa shape index (κ1) is 17.4. The van der Waals surface area contributed by atoms with E-state index in [2.05, 4.69) is 20.6 Å². The van der Waals surface area contributed by atoms with Crippen LogP contribution in [0.15, 0.2) is 48.2 Å². The zero-order valence-electron chi connectivity index (χ0n) is 13.8. The molecule has 1 aliphatic rings. The highest BCUT2D eigenvalue weighted by atomic mass is 32.1. The Labute approximate surface area is 154 Å². The molecule has 0 spiro atoms. The van der Waals surface area contributed by atoms with Gasteiger partial charge in [0.15, 0.2) is 5.60 Å². The number of nitrogens with zero attached hydrogens (tertiary/aromatic N) is 1. The molecule has 0 saturated heterocycles. The summed E-state index contributed by atoms with van der Waals surface area (Å²) < 4.78 is 5.87. The van der Waals surface area contributed by atoms with Crippen molar-refractivity contribution >= 4 is 43.0 Å². The molecule has 126 valence electrons. The third-order valence-corrected chi connectivity index (χ3v) is 4.64. The summed E-state index contributed by atoms with van der Waals surface area (Å²) >= 11 is 5.55. The number of ether oxygens (including phenoxy) is 1. The van der Waals surface area contributed by atoms with Crippen LogP contribution in [-0.4, -0.2) is 15.7 Å². The fourth-order valence-electron chi connectivity index (χ4n) is 2.63. The summed E-state index contributed by atoms with van der Waals surface area (Å²) in [6.45, 7) is 3.55. The number of benzene rings is 2. The first-order valence-electron chi connectivity index (χ1n) is 7.66. The van der Waals surface area contributed by atoms with E-state index in [4.69, 9.17) is 17.0 Å². The average Bonchev–Trinajstić information content (AvgIpc) is 2.57. The van der Waals surface area contributed by atoms with E-state index in [-0.39, 0.29) is 5.76 Å². The molecule has 1 unspecified atom stereocenters. The molecule has 1 heterocycles. The second-order valence-electron chi connectivity index (χ2n) is 6.23. The van der Waals surface area contributed by atoms with Crippen LogP contribution in [0.3, 0.4) is 0 Å². The van der Waals surface area contributed by atoms with E-state index in [0.29, 0.717) is 27.4 Å². The van der Waals surface area contributed by atoms with Crippen molar-refractivity contribution < 1.29 is 9.84 Å². The maximum atomic E-state index is 10.7. The van der Waals surface area contributed by atoms with Gasteiger partial charge in [0.25, 0.3) is 0 Å². The largest absolute Gasteiger partial charge is 0.507 e. The van der Waals surface area contributed by atoms with Gasteiger partial charge >= 0.3 is 0 Å².